The number of ether oxygens (including phenoxy) is 3. The summed E-state index contributed by atoms with van der Waals surface area (Å²) in [5.74, 6) is -1.70. The SMILES string of the molecule is CN(C)CCc1ccc(OCc2ccccc2)c(OC2(C3=CC(=O)c4c(CCNC(=O)OC(C)(C)C)c[nH]c4C3=O)C(=O)N(C)C(=O)N2C)c1. The number of amides is 4. The van der Waals surface area contributed by atoms with Crippen molar-refractivity contribution in [3.63, 3.8) is 0 Å². The monoisotopic (exact) mass is 685 g/mol. The number of carbonyl (C=O) groups excluding carboxylic acids is 5. The Balaban J connectivity index is 1.51. The summed E-state index contributed by atoms with van der Waals surface area (Å²) in [7, 11) is 6.54. The molecule has 5 rings (SSSR count). The van der Waals surface area contributed by atoms with Gasteiger partial charge in [0, 0.05) is 33.4 Å². The molecule has 264 valence electrons. The maximum absolute atomic E-state index is 14.3. The second-order valence-corrected chi connectivity index (χ2v) is 13.6. The quantitative estimate of drug-likeness (QED) is 0.265. The average Bonchev–Trinajstić information content (AvgIpc) is 3.56. The van der Waals surface area contributed by atoms with Gasteiger partial charge in [0.15, 0.2) is 17.3 Å². The number of aromatic amines is 1. The van der Waals surface area contributed by atoms with E-state index in [0.29, 0.717) is 12.0 Å². The molecule has 0 spiro atoms. The number of nitrogens with one attached hydrogen (secondary N) is 2. The molecule has 1 fully saturated rings. The van der Waals surface area contributed by atoms with Crippen molar-refractivity contribution in [3.8, 4) is 11.5 Å². The van der Waals surface area contributed by atoms with Gasteiger partial charge in [-0.25, -0.2) is 9.59 Å². The van der Waals surface area contributed by atoms with Gasteiger partial charge in [0.25, 0.3) is 5.72 Å². The first kappa shape index (κ1) is 35.9. The second kappa shape index (κ2) is 14.2. The van der Waals surface area contributed by atoms with E-state index in [1.54, 1.807) is 32.9 Å². The minimum absolute atomic E-state index is 0.0498. The van der Waals surface area contributed by atoms with Gasteiger partial charge in [-0.3, -0.25) is 24.2 Å². The number of aromatic nitrogens is 1. The molecule has 1 aliphatic heterocycles. The number of nitrogens with zero attached hydrogens (tertiary/aromatic N) is 3. The molecule has 0 saturated carbocycles. The molecule has 50 heavy (non-hydrogen) atoms. The molecule has 2 N–H and O–H groups in total. The van der Waals surface area contributed by atoms with Crippen molar-refractivity contribution in [2.24, 2.45) is 0 Å². The lowest BCUT2D eigenvalue weighted by molar-refractivity contribution is -0.142. The number of alkyl carbamates (subject to hydrolysis) is 1. The standard InChI is InChI=1S/C37H43N5O8/c1-36(2,3)50-34(46)38-17-15-25-21-39-31-30(25)27(43)20-26(32(31)44)37(33(45)41(6)35(47)42(37)7)49-29-19-23(16-18-40(4)5)13-14-28(29)48-22-24-11-9-8-10-12-24/h8-14,19-21,39H,15-18,22H2,1-7H3,(H,38,46). The zero-order chi connectivity index (χ0) is 36.4. The molecule has 1 unspecified atom stereocenters. The number of hydrogen-bond acceptors (Lipinski definition) is 9. The van der Waals surface area contributed by atoms with Crippen molar-refractivity contribution in [3.05, 3.63) is 94.3 Å². The topological polar surface area (TPSA) is 151 Å². The number of carbonyl (C=O) groups is 5. The number of imide groups is 1. The van der Waals surface area contributed by atoms with E-state index in [4.69, 9.17) is 14.2 Å². The Bertz CT molecular complexity index is 1840. The number of Topliss-reactive ketones (excluding diaryl/α,β-unsaturated/α-hetero) is 1. The maximum atomic E-state index is 14.3. The highest BCUT2D eigenvalue weighted by molar-refractivity contribution is 6.28. The van der Waals surface area contributed by atoms with E-state index in [9.17, 15) is 24.0 Å². The predicted molar refractivity (Wildman–Crippen MR) is 184 cm³/mol. The van der Waals surface area contributed by atoms with Crippen LogP contribution >= 0.6 is 0 Å². The Labute approximate surface area is 291 Å². The highest BCUT2D eigenvalue weighted by Crippen LogP contribution is 2.42. The molecule has 1 atom stereocenters. The number of hydrogen-bond donors (Lipinski definition) is 2. The van der Waals surface area contributed by atoms with Gasteiger partial charge < -0.3 is 29.4 Å². The van der Waals surface area contributed by atoms with Crippen LogP contribution in [0.2, 0.25) is 0 Å². The maximum Gasteiger partial charge on any atom is 0.407 e. The Kier molecular flexibility index (Phi) is 10.2. The van der Waals surface area contributed by atoms with Crippen LogP contribution in [-0.2, 0) is 29.0 Å². The molecule has 1 saturated heterocycles. The van der Waals surface area contributed by atoms with Crippen LogP contribution in [0, 0.1) is 0 Å². The van der Waals surface area contributed by atoms with Gasteiger partial charge in [0.1, 0.15) is 12.2 Å². The van der Waals surface area contributed by atoms with Gasteiger partial charge in [-0.1, -0.05) is 36.4 Å². The van der Waals surface area contributed by atoms with Crippen LogP contribution in [-0.4, -0.2) is 102 Å². The van der Waals surface area contributed by atoms with Gasteiger partial charge in [-0.15, -0.1) is 0 Å². The predicted octanol–water partition coefficient (Wildman–Crippen LogP) is 4.37. The number of allylic oxidation sites excluding steroid dienone is 1. The highest BCUT2D eigenvalue weighted by Gasteiger charge is 2.62. The molecule has 13 nitrogen and oxygen atoms in total. The Morgan fingerprint density at radius 2 is 1.68 bits per heavy atom. The summed E-state index contributed by atoms with van der Waals surface area (Å²) in [6.45, 7) is 6.29. The third kappa shape index (κ3) is 7.27. The Morgan fingerprint density at radius 1 is 0.960 bits per heavy atom. The molecule has 2 aromatic carbocycles. The molecular formula is C37H43N5O8. The zero-order valence-electron chi connectivity index (χ0n) is 29.4. The van der Waals surface area contributed by atoms with Gasteiger partial charge in [0.05, 0.1) is 16.8 Å². The van der Waals surface area contributed by atoms with Crippen molar-refractivity contribution in [2.75, 3.05) is 41.3 Å². The van der Waals surface area contributed by atoms with Crippen LogP contribution in [0.15, 0.2) is 66.4 Å². The fourth-order valence-electron chi connectivity index (χ4n) is 5.82. The molecule has 2 heterocycles. The summed E-state index contributed by atoms with van der Waals surface area (Å²) in [6.07, 6.45) is 2.82. The van der Waals surface area contributed by atoms with E-state index in [0.717, 1.165) is 33.5 Å². The third-order valence-corrected chi connectivity index (χ3v) is 8.37. The van der Waals surface area contributed by atoms with Crippen molar-refractivity contribution >= 4 is 29.6 Å². The number of H-pyrrole nitrogens is 1. The zero-order valence-corrected chi connectivity index (χ0v) is 29.4. The highest BCUT2D eigenvalue weighted by atomic mass is 16.6. The molecule has 0 radical (unpaired) electrons. The largest absolute Gasteiger partial charge is 0.485 e. The second-order valence-electron chi connectivity index (χ2n) is 13.6. The first-order valence-corrected chi connectivity index (χ1v) is 16.3. The molecule has 1 aliphatic carbocycles. The molecule has 1 aromatic heterocycles. The van der Waals surface area contributed by atoms with Crippen LogP contribution in [0.3, 0.4) is 0 Å². The van der Waals surface area contributed by atoms with Gasteiger partial charge in [-0.2, -0.15) is 0 Å². The number of fused-ring (bicyclic) bond motifs is 1. The number of rotatable bonds is 12. The number of likely N-dealkylation sites (N-methyl/N-ethyl adjacent to an activating group) is 3. The first-order chi connectivity index (χ1) is 23.6. The fraction of sp³-hybridized carbons (Fsp3) is 0.378. The van der Waals surface area contributed by atoms with E-state index in [-0.39, 0.29) is 47.9 Å². The minimum Gasteiger partial charge on any atom is -0.485 e. The van der Waals surface area contributed by atoms with E-state index < -0.39 is 40.9 Å². The molecule has 3 aromatic rings. The Morgan fingerprint density at radius 3 is 2.32 bits per heavy atom. The van der Waals surface area contributed by atoms with Gasteiger partial charge >= 0.3 is 18.0 Å². The van der Waals surface area contributed by atoms with Crippen LogP contribution in [0.1, 0.15) is 58.3 Å². The van der Waals surface area contributed by atoms with Crippen LogP contribution in [0.4, 0.5) is 9.59 Å². The van der Waals surface area contributed by atoms with E-state index in [1.165, 1.54) is 20.3 Å². The molecule has 13 heteroatoms. The van der Waals surface area contributed by atoms with Crippen molar-refractivity contribution < 1.29 is 38.2 Å². The minimum atomic E-state index is -2.33. The van der Waals surface area contributed by atoms with Crippen molar-refractivity contribution in [1.82, 2.24) is 25.0 Å². The number of ketones is 2. The lowest BCUT2D eigenvalue weighted by Gasteiger charge is -2.35. The van der Waals surface area contributed by atoms with E-state index in [2.05, 4.69) is 10.3 Å². The third-order valence-electron chi connectivity index (χ3n) is 8.37. The van der Waals surface area contributed by atoms with Crippen molar-refractivity contribution in [2.45, 2.75) is 51.5 Å². The molecule has 2 aliphatic rings. The summed E-state index contributed by atoms with van der Waals surface area (Å²) in [5, 5.41) is 2.65. The number of urea groups is 1. The van der Waals surface area contributed by atoms with E-state index >= 15 is 0 Å². The number of benzene rings is 2. The van der Waals surface area contributed by atoms with Crippen LogP contribution in [0.5, 0.6) is 11.5 Å². The fourth-order valence-corrected chi connectivity index (χ4v) is 5.82. The van der Waals surface area contributed by atoms with Crippen LogP contribution in [0.25, 0.3) is 0 Å². The summed E-state index contributed by atoms with van der Waals surface area (Å²) in [5.41, 5.74) is -1.03. The van der Waals surface area contributed by atoms with Crippen molar-refractivity contribution in [1.29, 1.82) is 0 Å². The summed E-state index contributed by atoms with van der Waals surface area (Å²) < 4.78 is 18.0. The first-order valence-electron chi connectivity index (χ1n) is 16.3. The summed E-state index contributed by atoms with van der Waals surface area (Å²) >= 11 is 0. The van der Waals surface area contributed by atoms with Gasteiger partial charge in [-0.05, 0) is 82.6 Å². The lowest BCUT2D eigenvalue weighted by atomic mass is 9.85. The molecule has 4 amide bonds. The smallest absolute Gasteiger partial charge is 0.407 e. The summed E-state index contributed by atoms with van der Waals surface area (Å²) in [4.78, 5) is 74.5. The van der Waals surface area contributed by atoms with E-state index in [1.807, 2.05) is 55.4 Å². The molecule has 0 bridgehead atoms. The summed E-state index contributed by atoms with van der Waals surface area (Å²) in [6, 6.07) is 14.1. The van der Waals surface area contributed by atoms with Gasteiger partial charge in [0.2, 0.25) is 5.78 Å². The average molecular weight is 686 g/mol. The van der Waals surface area contributed by atoms with Crippen LogP contribution < -0.4 is 14.8 Å². The Hall–Kier alpha value is -5.43. The molecular weight excluding hydrogens is 642 g/mol. The lowest BCUT2D eigenvalue weighted by Crippen LogP contribution is -2.57. The normalized spacial score (nSPS) is 17.6.